The molecule has 0 saturated heterocycles. The Hall–Kier alpha value is -2.38. The molecule has 0 fully saturated rings. The number of rotatable bonds is 1. The first-order valence-corrected chi connectivity index (χ1v) is 9.79. The van der Waals surface area contributed by atoms with E-state index in [4.69, 9.17) is 0 Å². The van der Waals surface area contributed by atoms with Gasteiger partial charge in [0, 0.05) is 9.89 Å². The zero-order valence-electron chi connectivity index (χ0n) is 14.9. The lowest BCUT2D eigenvalue weighted by atomic mass is 9.81. The highest BCUT2D eigenvalue weighted by Gasteiger charge is 2.37. The summed E-state index contributed by atoms with van der Waals surface area (Å²) in [4.78, 5) is 0. The minimum absolute atomic E-state index is 0.00592. The molecule has 0 radical (unpaired) electrons. The number of hydrogen-bond acceptors (Lipinski definition) is 0. The molecule has 0 bridgehead atoms. The fourth-order valence-corrected chi connectivity index (χ4v) is 4.88. The van der Waals surface area contributed by atoms with Crippen molar-refractivity contribution < 1.29 is 0 Å². The van der Waals surface area contributed by atoms with Gasteiger partial charge in [0.25, 0.3) is 0 Å². The Bertz CT molecular complexity index is 1170. The van der Waals surface area contributed by atoms with E-state index in [-0.39, 0.29) is 5.41 Å². The highest BCUT2D eigenvalue weighted by Crippen LogP contribution is 2.53. The standard InChI is InChI=1S/C25H19Br/c1-25(2)21-12-7-11-19(18-10-5-6-13-23(18)26)24(21)20-14-16-8-3-4-9-17(16)15-22(20)25/h3-15H,1-2H3. The van der Waals surface area contributed by atoms with E-state index in [9.17, 15) is 0 Å². The molecular weight excluding hydrogens is 380 g/mol. The molecule has 0 nitrogen and oxygen atoms in total. The van der Waals surface area contributed by atoms with Crippen LogP contribution in [-0.2, 0) is 5.41 Å². The van der Waals surface area contributed by atoms with Crippen molar-refractivity contribution in [2.75, 3.05) is 0 Å². The molecule has 0 unspecified atom stereocenters. The van der Waals surface area contributed by atoms with Gasteiger partial charge in [-0.25, -0.2) is 0 Å². The first kappa shape index (κ1) is 15.8. The normalized spacial score (nSPS) is 14.3. The van der Waals surface area contributed by atoms with Gasteiger partial charge in [-0.1, -0.05) is 90.4 Å². The van der Waals surface area contributed by atoms with Crippen LogP contribution in [0, 0.1) is 0 Å². The van der Waals surface area contributed by atoms with Crippen molar-refractivity contribution in [3.63, 3.8) is 0 Å². The Labute approximate surface area is 162 Å². The molecule has 0 heterocycles. The summed E-state index contributed by atoms with van der Waals surface area (Å²) in [7, 11) is 0. The Balaban J connectivity index is 1.90. The van der Waals surface area contributed by atoms with Crippen molar-refractivity contribution in [1.82, 2.24) is 0 Å². The average molecular weight is 399 g/mol. The monoisotopic (exact) mass is 398 g/mol. The van der Waals surface area contributed by atoms with Gasteiger partial charge in [-0.15, -0.1) is 0 Å². The van der Waals surface area contributed by atoms with E-state index in [2.05, 4.69) is 109 Å². The molecule has 126 valence electrons. The molecule has 1 heteroatoms. The minimum Gasteiger partial charge on any atom is -0.0616 e. The van der Waals surface area contributed by atoms with Gasteiger partial charge >= 0.3 is 0 Å². The first-order valence-electron chi connectivity index (χ1n) is 8.99. The quantitative estimate of drug-likeness (QED) is 0.310. The van der Waals surface area contributed by atoms with Gasteiger partial charge in [0.1, 0.15) is 0 Å². The summed E-state index contributed by atoms with van der Waals surface area (Å²) in [6.45, 7) is 4.69. The lowest BCUT2D eigenvalue weighted by Crippen LogP contribution is -2.14. The molecular formula is C25H19Br. The molecule has 1 aliphatic carbocycles. The number of halogens is 1. The van der Waals surface area contributed by atoms with Crippen molar-refractivity contribution in [3.05, 3.63) is 94.5 Å². The predicted molar refractivity (Wildman–Crippen MR) is 115 cm³/mol. The van der Waals surface area contributed by atoms with Crippen LogP contribution in [0.4, 0.5) is 0 Å². The lowest BCUT2D eigenvalue weighted by molar-refractivity contribution is 0.661. The maximum absolute atomic E-state index is 3.75. The zero-order chi connectivity index (χ0) is 17.9. The topological polar surface area (TPSA) is 0 Å². The Kier molecular flexibility index (Phi) is 3.39. The fourth-order valence-electron chi connectivity index (χ4n) is 4.38. The van der Waals surface area contributed by atoms with Gasteiger partial charge in [-0.3, -0.25) is 0 Å². The molecule has 26 heavy (non-hydrogen) atoms. The summed E-state index contributed by atoms with van der Waals surface area (Å²) in [5, 5.41) is 2.62. The van der Waals surface area contributed by atoms with E-state index in [1.807, 2.05) is 0 Å². The molecule has 1 aliphatic rings. The van der Waals surface area contributed by atoms with Crippen molar-refractivity contribution in [3.8, 4) is 22.3 Å². The largest absolute Gasteiger partial charge is 0.0616 e. The van der Waals surface area contributed by atoms with E-state index < -0.39 is 0 Å². The van der Waals surface area contributed by atoms with Crippen LogP contribution >= 0.6 is 15.9 Å². The second-order valence-corrected chi connectivity index (χ2v) is 8.43. The van der Waals surface area contributed by atoms with Gasteiger partial charge in [0.2, 0.25) is 0 Å². The highest BCUT2D eigenvalue weighted by molar-refractivity contribution is 9.10. The Morgan fingerprint density at radius 3 is 2.04 bits per heavy atom. The molecule has 0 aliphatic heterocycles. The molecule has 4 aromatic carbocycles. The van der Waals surface area contributed by atoms with E-state index in [0.717, 1.165) is 4.47 Å². The average Bonchev–Trinajstić information content (AvgIpc) is 2.88. The first-order chi connectivity index (χ1) is 12.6. The van der Waals surface area contributed by atoms with Crippen LogP contribution in [0.25, 0.3) is 33.0 Å². The maximum Gasteiger partial charge on any atom is 0.0253 e. The third kappa shape index (κ3) is 2.13. The van der Waals surface area contributed by atoms with Crippen LogP contribution in [0.1, 0.15) is 25.0 Å². The van der Waals surface area contributed by atoms with Gasteiger partial charge in [-0.05, 0) is 62.4 Å². The van der Waals surface area contributed by atoms with E-state index in [0.29, 0.717) is 0 Å². The number of benzene rings is 4. The molecule has 5 rings (SSSR count). The zero-order valence-corrected chi connectivity index (χ0v) is 16.5. The summed E-state index contributed by atoms with van der Waals surface area (Å²) in [6.07, 6.45) is 0. The molecule has 0 saturated carbocycles. The lowest BCUT2D eigenvalue weighted by Gasteiger charge is -2.22. The third-order valence-corrected chi connectivity index (χ3v) is 6.42. The predicted octanol–water partition coefficient (Wildman–Crippen LogP) is 7.58. The van der Waals surface area contributed by atoms with Crippen molar-refractivity contribution in [1.29, 1.82) is 0 Å². The summed E-state index contributed by atoms with van der Waals surface area (Å²) in [6, 6.07) is 28.7. The van der Waals surface area contributed by atoms with Crippen LogP contribution in [0.15, 0.2) is 83.3 Å². The summed E-state index contributed by atoms with van der Waals surface area (Å²) < 4.78 is 1.14. The molecule has 0 atom stereocenters. The third-order valence-electron chi connectivity index (χ3n) is 5.73. The van der Waals surface area contributed by atoms with Gasteiger partial charge in [-0.2, -0.15) is 0 Å². The minimum atomic E-state index is 0.00592. The fraction of sp³-hybridized carbons (Fsp3) is 0.120. The van der Waals surface area contributed by atoms with Crippen molar-refractivity contribution in [2.24, 2.45) is 0 Å². The second kappa shape index (κ2) is 5.56. The smallest absolute Gasteiger partial charge is 0.0253 e. The summed E-state index contributed by atoms with van der Waals surface area (Å²) >= 11 is 3.75. The highest BCUT2D eigenvalue weighted by atomic mass is 79.9. The van der Waals surface area contributed by atoms with Crippen LogP contribution < -0.4 is 0 Å². The van der Waals surface area contributed by atoms with Gasteiger partial charge in [0.15, 0.2) is 0 Å². The van der Waals surface area contributed by atoms with Gasteiger partial charge < -0.3 is 0 Å². The van der Waals surface area contributed by atoms with Crippen LogP contribution in [-0.4, -0.2) is 0 Å². The summed E-state index contributed by atoms with van der Waals surface area (Å²) in [5.41, 5.74) is 8.14. The molecule has 0 spiro atoms. The SMILES string of the molecule is CC1(C)c2cc3ccccc3cc2-c2c(-c3ccccc3Br)cccc21. The second-order valence-electron chi connectivity index (χ2n) is 7.58. The van der Waals surface area contributed by atoms with Crippen LogP contribution in [0.2, 0.25) is 0 Å². The summed E-state index contributed by atoms with van der Waals surface area (Å²) in [5.74, 6) is 0. The Morgan fingerprint density at radius 1 is 0.615 bits per heavy atom. The maximum atomic E-state index is 3.75. The number of fused-ring (bicyclic) bond motifs is 4. The van der Waals surface area contributed by atoms with Gasteiger partial charge in [0.05, 0.1) is 0 Å². The van der Waals surface area contributed by atoms with Crippen molar-refractivity contribution in [2.45, 2.75) is 19.3 Å². The number of hydrogen-bond donors (Lipinski definition) is 0. The van der Waals surface area contributed by atoms with Crippen LogP contribution in [0.5, 0.6) is 0 Å². The van der Waals surface area contributed by atoms with Crippen molar-refractivity contribution >= 4 is 26.7 Å². The molecule has 0 N–H and O–H groups in total. The van der Waals surface area contributed by atoms with Crippen LogP contribution in [0.3, 0.4) is 0 Å². The van der Waals surface area contributed by atoms with E-state index in [1.54, 1.807) is 0 Å². The van der Waals surface area contributed by atoms with E-state index in [1.165, 1.54) is 44.2 Å². The van der Waals surface area contributed by atoms with E-state index >= 15 is 0 Å². The molecule has 4 aromatic rings. The molecule has 0 aromatic heterocycles. The Morgan fingerprint density at radius 2 is 1.27 bits per heavy atom. The molecule has 0 amide bonds.